The first kappa shape index (κ1) is 29.1. The van der Waals surface area contributed by atoms with E-state index in [1.807, 2.05) is 0 Å². The summed E-state index contributed by atoms with van der Waals surface area (Å²) in [6.45, 7) is 7.03. The maximum absolute atomic E-state index is 11.0. The fourth-order valence-electron chi connectivity index (χ4n) is 3.75. The molecule has 0 atom stereocenters. The van der Waals surface area contributed by atoms with Crippen molar-refractivity contribution >= 4 is 23.5 Å². The average molecular weight is 495 g/mol. The molecule has 2 aromatic carbocycles. The highest BCUT2D eigenvalue weighted by molar-refractivity contribution is 7.87. The summed E-state index contributed by atoms with van der Waals surface area (Å²) in [6, 6.07) is 18.2. The van der Waals surface area contributed by atoms with Gasteiger partial charge in [-0.15, -0.1) is 0 Å². The first-order valence-electron chi connectivity index (χ1n) is 11.9. The second-order valence-corrected chi connectivity index (χ2v) is 14.2. The lowest BCUT2D eigenvalue weighted by atomic mass is 10.2. The van der Waals surface area contributed by atoms with Crippen molar-refractivity contribution in [1.82, 2.24) is 0 Å². The third-order valence-corrected chi connectivity index (χ3v) is 11.6. The Hall–Kier alpha value is -1.91. The Bertz CT molecular complexity index is 864. The van der Waals surface area contributed by atoms with Gasteiger partial charge in [-0.05, 0) is 37.0 Å². The SMILES string of the molecule is CCCC[P+](CCCC)(CCCC)Cc1ccccc1.O=C([O-])OS(=O)(=O)c1ccccc1. The summed E-state index contributed by atoms with van der Waals surface area (Å²) < 4.78 is 25.6. The van der Waals surface area contributed by atoms with Gasteiger partial charge in [-0.25, -0.2) is 8.42 Å². The Morgan fingerprint density at radius 2 is 1.21 bits per heavy atom. The molecule has 33 heavy (non-hydrogen) atoms. The fourth-order valence-corrected chi connectivity index (χ4v) is 9.61. The molecule has 0 fully saturated rings. The summed E-state index contributed by atoms with van der Waals surface area (Å²) in [7, 11) is -4.99. The van der Waals surface area contributed by atoms with E-state index in [0.29, 0.717) is 0 Å². The molecule has 0 spiro atoms. The van der Waals surface area contributed by atoms with Gasteiger partial charge in [0.25, 0.3) is 16.3 Å². The van der Waals surface area contributed by atoms with Gasteiger partial charge in [-0.1, -0.05) is 88.6 Å². The van der Waals surface area contributed by atoms with E-state index in [9.17, 15) is 18.3 Å². The molecule has 0 N–H and O–H groups in total. The zero-order chi connectivity index (χ0) is 24.6. The van der Waals surface area contributed by atoms with Gasteiger partial charge in [0, 0.05) is 7.26 Å². The summed E-state index contributed by atoms with van der Waals surface area (Å²) in [5.41, 5.74) is 1.59. The van der Waals surface area contributed by atoms with Gasteiger partial charge in [0.15, 0.2) is 0 Å². The normalized spacial score (nSPS) is 11.4. The molecule has 7 heteroatoms. The molecule has 0 aromatic heterocycles. The van der Waals surface area contributed by atoms with E-state index in [1.165, 1.54) is 87.4 Å². The molecule has 0 amide bonds. The van der Waals surface area contributed by atoms with E-state index in [4.69, 9.17) is 0 Å². The van der Waals surface area contributed by atoms with Gasteiger partial charge < -0.3 is 14.1 Å². The zero-order valence-electron chi connectivity index (χ0n) is 20.2. The molecule has 0 saturated heterocycles. The fraction of sp³-hybridized carbons (Fsp3) is 0.500. The van der Waals surface area contributed by atoms with Crippen LogP contribution in [0.1, 0.15) is 64.9 Å². The van der Waals surface area contributed by atoms with Crippen molar-refractivity contribution < 1.29 is 22.5 Å². The molecule has 0 heterocycles. The summed E-state index contributed by atoms with van der Waals surface area (Å²) in [4.78, 5) is 9.65. The summed E-state index contributed by atoms with van der Waals surface area (Å²) in [5.74, 6) is 0. The Balaban J connectivity index is 0.000000361. The smallest absolute Gasteiger partial charge is 0.283 e. The van der Waals surface area contributed by atoms with Crippen molar-refractivity contribution in [3.8, 4) is 0 Å². The predicted molar refractivity (Wildman–Crippen MR) is 136 cm³/mol. The van der Waals surface area contributed by atoms with Crippen molar-refractivity contribution in [2.75, 3.05) is 18.5 Å². The Morgan fingerprint density at radius 1 is 0.788 bits per heavy atom. The molecular weight excluding hydrogens is 455 g/mol. The van der Waals surface area contributed by atoms with Gasteiger partial charge in [0.05, 0.1) is 29.5 Å². The molecule has 0 aliphatic carbocycles. The van der Waals surface area contributed by atoms with Crippen molar-refractivity contribution in [3.63, 3.8) is 0 Å². The number of carbonyl (C=O) groups is 1. The number of carboxylic acid groups (broad SMARTS) is 1. The van der Waals surface area contributed by atoms with Crippen molar-refractivity contribution in [1.29, 1.82) is 0 Å². The molecule has 0 bridgehead atoms. The van der Waals surface area contributed by atoms with E-state index < -0.39 is 23.5 Å². The van der Waals surface area contributed by atoms with Gasteiger partial charge in [-0.2, -0.15) is 0 Å². The minimum Gasteiger partial charge on any atom is -0.434 e. The topological polar surface area (TPSA) is 83.5 Å². The Labute approximate surface area is 201 Å². The molecule has 0 saturated carbocycles. The van der Waals surface area contributed by atoms with Gasteiger partial charge in [0.2, 0.25) is 0 Å². The van der Waals surface area contributed by atoms with Crippen LogP contribution >= 0.6 is 7.26 Å². The van der Waals surface area contributed by atoms with Crippen LogP contribution in [0.15, 0.2) is 65.6 Å². The molecule has 5 nitrogen and oxygen atoms in total. The maximum atomic E-state index is 11.0. The molecule has 0 aliphatic heterocycles. The third kappa shape index (κ3) is 11.7. The van der Waals surface area contributed by atoms with Crippen LogP contribution in [0, 0.1) is 0 Å². The number of rotatable bonds is 13. The van der Waals surface area contributed by atoms with Crippen LogP contribution in [-0.4, -0.2) is 33.1 Å². The summed E-state index contributed by atoms with van der Waals surface area (Å²) >= 11 is 0. The van der Waals surface area contributed by atoms with E-state index in [-0.39, 0.29) is 4.90 Å². The minimum atomic E-state index is -4.22. The second-order valence-electron chi connectivity index (χ2n) is 8.32. The van der Waals surface area contributed by atoms with Crippen LogP contribution in [0.25, 0.3) is 0 Å². The Kier molecular flexibility index (Phi) is 14.0. The molecule has 184 valence electrons. The lowest BCUT2D eigenvalue weighted by molar-refractivity contribution is -0.270. The molecule has 0 aliphatic rings. The second kappa shape index (κ2) is 15.8. The van der Waals surface area contributed by atoms with Crippen molar-refractivity contribution in [2.24, 2.45) is 0 Å². The largest absolute Gasteiger partial charge is 0.434 e. The number of unbranched alkanes of at least 4 members (excludes halogenated alkanes) is 3. The van der Waals surface area contributed by atoms with Crippen LogP contribution in [-0.2, 0) is 20.5 Å². The highest BCUT2D eigenvalue weighted by Crippen LogP contribution is 2.63. The number of carbonyl (C=O) groups excluding carboxylic acids is 1. The standard InChI is InChI=1S/C19H34P.C7H6O5S/c1-4-7-15-20(16-8-5-2,17-9-6-3)18-19-13-11-10-12-14-19;8-7(9)12-13(10,11)6-4-2-1-3-5-6/h10-14H,4-9,15-18H2,1-3H3;1-5H,(H,8,9)/q+1;/p-1. The zero-order valence-corrected chi connectivity index (χ0v) is 22.0. The monoisotopic (exact) mass is 494 g/mol. The molecule has 2 rings (SSSR count). The minimum absolute atomic E-state index is 0.223. The molecular formula is C26H39O5PS. The van der Waals surface area contributed by atoms with Crippen LogP contribution in [0.4, 0.5) is 4.79 Å². The molecule has 0 radical (unpaired) electrons. The van der Waals surface area contributed by atoms with Crippen LogP contribution < -0.4 is 5.11 Å². The summed E-state index contributed by atoms with van der Waals surface area (Å²) in [6.07, 6.45) is 12.3. The van der Waals surface area contributed by atoms with Crippen LogP contribution in [0.2, 0.25) is 0 Å². The number of hydrogen-bond donors (Lipinski definition) is 0. The average Bonchev–Trinajstić information content (AvgIpc) is 2.81. The lowest BCUT2D eigenvalue weighted by Crippen LogP contribution is -2.26. The first-order valence-corrected chi connectivity index (χ1v) is 15.8. The lowest BCUT2D eigenvalue weighted by Gasteiger charge is -2.28. The van der Waals surface area contributed by atoms with Gasteiger partial charge in [-0.3, -0.25) is 0 Å². The predicted octanol–water partition coefficient (Wildman–Crippen LogP) is 6.34. The van der Waals surface area contributed by atoms with Crippen LogP contribution in [0.3, 0.4) is 0 Å². The number of benzene rings is 2. The van der Waals surface area contributed by atoms with Gasteiger partial charge in [0.1, 0.15) is 0 Å². The quantitative estimate of drug-likeness (QED) is 0.240. The summed E-state index contributed by atoms with van der Waals surface area (Å²) in [5, 5.41) is 9.88. The first-order chi connectivity index (χ1) is 15.8. The maximum Gasteiger partial charge on any atom is 0.283 e. The van der Waals surface area contributed by atoms with Crippen molar-refractivity contribution in [3.05, 3.63) is 66.2 Å². The van der Waals surface area contributed by atoms with E-state index >= 15 is 0 Å². The van der Waals surface area contributed by atoms with E-state index in [0.717, 1.165) is 0 Å². The van der Waals surface area contributed by atoms with Gasteiger partial charge >= 0.3 is 0 Å². The van der Waals surface area contributed by atoms with Crippen molar-refractivity contribution in [2.45, 2.75) is 70.4 Å². The Morgan fingerprint density at radius 3 is 1.61 bits per heavy atom. The number of hydrogen-bond acceptors (Lipinski definition) is 5. The highest BCUT2D eigenvalue weighted by atomic mass is 32.2. The van der Waals surface area contributed by atoms with E-state index in [2.05, 4.69) is 55.3 Å². The van der Waals surface area contributed by atoms with E-state index in [1.54, 1.807) is 11.6 Å². The third-order valence-electron chi connectivity index (χ3n) is 5.53. The molecule has 0 unspecified atom stereocenters. The van der Waals surface area contributed by atoms with Crippen LogP contribution in [0.5, 0.6) is 0 Å². The molecule has 2 aromatic rings. The highest BCUT2D eigenvalue weighted by Gasteiger charge is 2.35.